The number of aliphatic imine (C=N–C) groups is 1. The van der Waals surface area contributed by atoms with Gasteiger partial charge in [-0.2, -0.15) is 0 Å². The van der Waals surface area contributed by atoms with E-state index in [0.717, 1.165) is 22.9 Å². The third kappa shape index (κ3) is 4.40. The average Bonchev–Trinajstić information content (AvgIpc) is 2.85. The molecule has 3 rings (SSSR count). The molecule has 1 aliphatic heterocycles. The van der Waals surface area contributed by atoms with Crippen molar-refractivity contribution in [1.29, 1.82) is 0 Å². The van der Waals surface area contributed by atoms with Crippen LogP contribution < -0.4 is 4.90 Å². The lowest BCUT2D eigenvalue weighted by Crippen LogP contribution is -2.44. The van der Waals surface area contributed by atoms with E-state index in [1.165, 1.54) is 12.0 Å². The zero-order chi connectivity index (χ0) is 21.0. The molecule has 0 fully saturated rings. The van der Waals surface area contributed by atoms with Crippen molar-refractivity contribution in [2.45, 2.75) is 32.7 Å². The Labute approximate surface area is 179 Å². The van der Waals surface area contributed by atoms with Gasteiger partial charge in [0.2, 0.25) is 0 Å². The largest absolute Gasteiger partial charge is 0.468 e. The third-order valence-corrected chi connectivity index (χ3v) is 5.70. The summed E-state index contributed by atoms with van der Waals surface area (Å²) in [4.78, 5) is 36.6. The second-order valence-corrected chi connectivity index (χ2v) is 7.79. The molecule has 2 heterocycles. The van der Waals surface area contributed by atoms with Gasteiger partial charge < -0.3 is 4.74 Å². The number of benzodiazepines with no additional fused rings is 1. The minimum Gasteiger partial charge on any atom is -0.468 e. The van der Waals surface area contributed by atoms with Crippen molar-refractivity contribution >= 4 is 39.2 Å². The summed E-state index contributed by atoms with van der Waals surface area (Å²) in [6, 6.07) is 10.6. The molecule has 29 heavy (non-hydrogen) atoms. The van der Waals surface area contributed by atoms with E-state index in [0.29, 0.717) is 17.1 Å². The highest BCUT2D eigenvalue weighted by Crippen LogP contribution is 2.33. The smallest absolute Gasteiger partial charge is 0.325 e. The molecule has 1 aliphatic rings. The quantitative estimate of drug-likeness (QED) is 0.614. The number of ether oxygens (including phenoxy) is 1. The molecule has 1 aromatic carbocycles. The molecule has 1 aromatic heterocycles. The van der Waals surface area contributed by atoms with Gasteiger partial charge in [0.15, 0.2) is 0 Å². The number of anilines is 1. The van der Waals surface area contributed by atoms with Crippen LogP contribution in [0, 0.1) is 5.92 Å². The Balaban J connectivity index is 2.26. The fourth-order valence-corrected chi connectivity index (χ4v) is 3.94. The van der Waals surface area contributed by atoms with Gasteiger partial charge in [-0.25, -0.2) is 0 Å². The van der Waals surface area contributed by atoms with Crippen molar-refractivity contribution in [3.05, 3.63) is 58.3 Å². The van der Waals surface area contributed by atoms with Crippen LogP contribution in [0.3, 0.4) is 0 Å². The molecule has 1 amide bonds. The molecule has 7 heteroatoms. The molecule has 0 radical (unpaired) electrons. The number of halogens is 1. The topological polar surface area (TPSA) is 71.9 Å². The number of fused-ring (bicyclic) bond motifs is 1. The lowest BCUT2D eigenvalue weighted by molar-refractivity contribution is -0.140. The minimum absolute atomic E-state index is 0.0547. The Morgan fingerprint density at radius 2 is 2.00 bits per heavy atom. The van der Waals surface area contributed by atoms with Gasteiger partial charge in [0.1, 0.15) is 12.6 Å². The van der Waals surface area contributed by atoms with E-state index in [9.17, 15) is 9.59 Å². The second-order valence-electron chi connectivity index (χ2n) is 6.88. The summed E-state index contributed by atoms with van der Waals surface area (Å²) in [5.74, 6) is -0.616. The van der Waals surface area contributed by atoms with Crippen LogP contribution in [-0.4, -0.2) is 42.3 Å². The third-order valence-electron chi connectivity index (χ3n) is 5.21. The second kappa shape index (κ2) is 9.31. The Hall–Kier alpha value is -2.54. The van der Waals surface area contributed by atoms with Crippen LogP contribution in [0.4, 0.5) is 5.69 Å². The first kappa shape index (κ1) is 21.2. The SMILES string of the molecule is CCC(CC)C1N=C(c2ccccn2)c2cc(Br)ccc2N(CC(=O)OC)C1=O. The fraction of sp³-hybridized carbons (Fsp3) is 0.364. The number of methoxy groups -OCH3 is 1. The molecule has 1 atom stereocenters. The molecule has 0 saturated carbocycles. The van der Waals surface area contributed by atoms with Crippen LogP contribution in [0.2, 0.25) is 0 Å². The molecule has 2 aromatic rings. The summed E-state index contributed by atoms with van der Waals surface area (Å²) < 4.78 is 5.70. The molecular weight excluding hydrogens is 434 g/mol. The number of aromatic nitrogens is 1. The number of pyridine rings is 1. The number of hydrogen-bond acceptors (Lipinski definition) is 5. The monoisotopic (exact) mass is 457 g/mol. The molecular formula is C22H24BrN3O3. The van der Waals surface area contributed by atoms with Crippen LogP contribution in [-0.2, 0) is 14.3 Å². The number of benzene rings is 1. The number of carbonyl (C=O) groups is 2. The van der Waals surface area contributed by atoms with Gasteiger partial charge in [-0.3, -0.25) is 24.5 Å². The average molecular weight is 458 g/mol. The van der Waals surface area contributed by atoms with Crippen LogP contribution in [0.15, 0.2) is 52.1 Å². The van der Waals surface area contributed by atoms with E-state index in [2.05, 4.69) is 34.8 Å². The summed E-state index contributed by atoms with van der Waals surface area (Å²) in [5, 5.41) is 0. The number of hydrogen-bond donors (Lipinski definition) is 0. The molecule has 1 unspecified atom stereocenters. The first-order chi connectivity index (χ1) is 14.0. The molecule has 0 bridgehead atoms. The minimum atomic E-state index is -0.599. The molecule has 6 nitrogen and oxygen atoms in total. The Morgan fingerprint density at radius 3 is 2.62 bits per heavy atom. The summed E-state index contributed by atoms with van der Waals surface area (Å²) >= 11 is 3.52. The van der Waals surface area contributed by atoms with Gasteiger partial charge in [-0.15, -0.1) is 0 Å². The van der Waals surface area contributed by atoms with Gasteiger partial charge in [-0.05, 0) is 36.2 Å². The fourth-order valence-electron chi connectivity index (χ4n) is 3.58. The van der Waals surface area contributed by atoms with Crippen LogP contribution in [0.1, 0.15) is 37.9 Å². The molecule has 0 saturated heterocycles. The van der Waals surface area contributed by atoms with Crippen LogP contribution in [0.5, 0.6) is 0 Å². The summed E-state index contributed by atoms with van der Waals surface area (Å²) in [6.07, 6.45) is 3.32. The normalized spacial score (nSPS) is 16.3. The Bertz CT molecular complexity index is 926. The van der Waals surface area contributed by atoms with Gasteiger partial charge >= 0.3 is 5.97 Å². The van der Waals surface area contributed by atoms with Gasteiger partial charge in [0, 0.05) is 16.2 Å². The molecule has 0 aliphatic carbocycles. The van der Waals surface area contributed by atoms with Crippen LogP contribution >= 0.6 is 15.9 Å². The van der Waals surface area contributed by atoms with E-state index in [4.69, 9.17) is 9.73 Å². The van der Waals surface area contributed by atoms with Gasteiger partial charge in [0.05, 0.1) is 24.2 Å². The zero-order valence-corrected chi connectivity index (χ0v) is 18.3. The number of amides is 1. The molecule has 0 spiro atoms. The van der Waals surface area contributed by atoms with Crippen molar-refractivity contribution in [3.8, 4) is 0 Å². The molecule has 152 valence electrons. The lowest BCUT2D eigenvalue weighted by Gasteiger charge is -2.27. The predicted molar refractivity (Wildman–Crippen MR) is 116 cm³/mol. The van der Waals surface area contributed by atoms with E-state index in [1.54, 1.807) is 6.20 Å². The number of nitrogens with zero attached hydrogens (tertiary/aromatic N) is 3. The number of carbonyl (C=O) groups excluding carboxylic acids is 2. The highest BCUT2D eigenvalue weighted by Gasteiger charge is 2.36. The highest BCUT2D eigenvalue weighted by molar-refractivity contribution is 9.10. The van der Waals surface area contributed by atoms with E-state index >= 15 is 0 Å². The van der Waals surface area contributed by atoms with E-state index < -0.39 is 12.0 Å². The van der Waals surface area contributed by atoms with Crippen molar-refractivity contribution in [2.75, 3.05) is 18.6 Å². The maximum Gasteiger partial charge on any atom is 0.325 e. The lowest BCUT2D eigenvalue weighted by atomic mass is 9.93. The standard InChI is InChI=1S/C22H24BrN3O3/c1-4-14(5-2)20-22(28)26(13-19(27)29-3)18-10-9-15(23)12-16(18)21(25-20)17-8-6-7-11-24-17/h6-12,14,20H,4-5,13H2,1-3H3. The number of rotatable bonds is 6. The van der Waals surface area contributed by atoms with Crippen molar-refractivity contribution in [1.82, 2.24) is 4.98 Å². The maximum absolute atomic E-state index is 13.6. The highest BCUT2D eigenvalue weighted by atomic mass is 79.9. The summed E-state index contributed by atoms with van der Waals surface area (Å²) in [7, 11) is 1.32. The Morgan fingerprint density at radius 1 is 1.24 bits per heavy atom. The predicted octanol–water partition coefficient (Wildman–Crippen LogP) is 4.01. The van der Waals surface area contributed by atoms with Crippen molar-refractivity contribution < 1.29 is 14.3 Å². The van der Waals surface area contributed by atoms with Gasteiger partial charge in [0.25, 0.3) is 5.91 Å². The number of esters is 1. The van der Waals surface area contributed by atoms with E-state index in [1.807, 2.05) is 36.4 Å². The summed E-state index contributed by atoms with van der Waals surface area (Å²) in [5.41, 5.74) is 2.72. The maximum atomic E-state index is 13.6. The van der Waals surface area contributed by atoms with Gasteiger partial charge in [-0.1, -0.05) is 48.7 Å². The van der Waals surface area contributed by atoms with Crippen molar-refractivity contribution in [2.24, 2.45) is 10.9 Å². The van der Waals surface area contributed by atoms with E-state index in [-0.39, 0.29) is 18.4 Å². The van der Waals surface area contributed by atoms with Crippen molar-refractivity contribution in [3.63, 3.8) is 0 Å². The summed E-state index contributed by atoms with van der Waals surface area (Å²) in [6.45, 7) is 3.94. The first-order valence-corrected chi connectivity index (χ1v) is 10.5. The first-order valence-electron chi connectivity index (χ1n) is 9.67. The molecule has 0 N–H and O–H groups in total. The Kier molecular flexibility index (Phi) is 6.79. The van der Waals surface area contributed by atoms with Crippen LogP contribution in [0.25, 0.3) is 0 Å². The zero-order valence-electron chi connectivity index (χ0n) is 16.8.